The zero-order valence-corrected chi connectivity index (χ0v) is 20.0. The highest BCUT2D eigenvalue weighted by molar-refractivity contribution is 5.75. The van der Waals surface area contributed by atoms with Crippen molar-refractivity contribution in [3.63, 3.8) is 0 Å². The first-order valence-electron chi connectivity index (χ1n) is 11.0. The number of aliphatic hydroxyl groups excluding tert-OH is 1. The third-order valence-electron chi connectivity index (χ3n) is 5.34. The van der Waals surface area contributed by atoms with E-state index in [1.807, 2.05) is 69.3 Å². The molecule has 0 spiro atoms. The summed E-state index contributed by atoms with van der Waals surface area (Å²) in [5, 5.41) is 10.2. The summed E-state index contributed by atoms with van der Waals surface area (Å²) in [6, 6.07) is 15.9. The Kier molecular flexibility index (Phi) is 10.0. The molecule has 0 fully saturated rings. The molecule has 0 heterocycles. The van der Waals surface area contributed by atoms with E-state index in [-0.39, 0.29) is 18.6 Å². The van der Waals surface area contributed by atoms with Gasteiger partial charge in [-0.2, -0.15) is 0 Å². The summed E-state index contributed by atoms with van der Waals surface area (Å²) < 4.78 is 15.9. The Labute approximate surface area is 192 Å². The Balaban J connectivity index is 2.07. The van der Waals surface area contributed by atoms with E-state index < -0.39 is 5.41 Å². The average Bonchev–Trinajstić information content (AvgIpc) is 2.79. The number of benzene rings is 2. The van der Waals surface area contributed by atoms with Crippen LogP contribution in [0, 0.1) is 5.41 Å². The quantitative estimate of drug-likeness (QED) is 0.386. The molecule has 32 heavy (non-hydrogen) atoms. The maximum absolute atomic E-state index is 12.0. The van der Waals surface area contributed by atoms with E-state index in [1.165, 1.54) is 0 Å². The van der Waals surface area contributed by atoms with Crippen molar-refractivity contribution < 1.29 is 24.1 Å². The molecule has 0 amide bonds. The Morgan fingerprint density at radius 1 is 0.906 bits per heavy atom. The molecule has 0 radical (unpaired) electrons. The van der Waals surface area contributed by atoms with Crippen LogP contribution in [0.25, 0.3) is 0 Å². The van der Waals surface area contributed by atoms with E-state index in [0.717, 1.165) is 29.0 Å². The molecule has 0 aliphatic carbocycles. The second-order valence-electron chi connectivity index (χ2n) is 8.97. The SMILES string of the molecule is COc1ccc(CN(Cc2ccc(OC)cc2)[C@@H](CO)CCCOC(=O)C(C)(C)C)cc1. The molecule has 0 aliphatic rings. The van der Waals surface area contributed by atoms with Gasteiger partial charge in [0, 0.05) is 19.1 Å². The Bertz CT molecular complexity index is 762. The predicted molar refractivity (Wildman–Crippen MR) is 126 cm³/mol. The van der Waals surface area contributed by atoms with Gasteiger partial charge in [0.25, 0.3) is 0 Å². The van der Waals surface area contributed by atoms with E-state index in [4.69, 9.17) is 14.2 Å². The van der Waals surface area contributed by atoms with Crippen LogP contribution in [0.1, 0.15) is 44.7 Å². The van der Waals surface area contributed by atoms with Crippen LogP contribution in [0.15, 0.2) is 48.5 Å². The molecule has 0 aromatic heterocycles. The first-order chi connectivity index (χ1) is 15.3. The summed E-state index contributed by atoms with van der Waals surface area (Å²) in [5.41, 5.74) is 1.76. The summed E-state index contributed by atoms with van der Waals surface area (Å²) in [5.74, 6) is 1.43. The van der Waals surface area contributed by atoms with Crippen LogP contribution >= 0.6 is 0 Å². The molecule has 0 aliphatic heterocycles. The van der Waals surface area contributed by atoms with Gasteiger partial charge in [-0.05, 0) is 69.0 Å². The van der Waals surface area contributed by atoms with Crippen LogP contribution in [0.4, 0.5) is 0 Å². The fraction of sp³-hybridized carbons (Fsp3) is 0.500. The van der Waals surface area contributed by atoms with Gasteiger partial charge in [0.2, 0.25) is 0 Å². The number of methoxy groups -OCH3 is 2. The number of ether oxygens (including phenoxy) is 3. The summed E-state index contributed by atoms with van der Waals surface area (Å²) >= 11 is 0. The molecule has 0 saturated carbocycles. The lowest BCUT2D eigenvalue weighted by Gasteiger charge is -2.31. The first kappa shape index (κ1) is 25.7. The number of nitrogens with zero attached hydrogens (tertiary/aromatic N) is 1. The standard InChI is InChI=1S/C26H37NO5/c1-26(2,3)25(29)32-16-6-7-22(19-28)27(17-20-8-12-23(30-4)13-9-20)18-21-10-14-24(31-5)15-11-21/h8-15,22,28H,6-7,16-19H2,1-5H3/t22-/m1/s1. The fourth-order valence-electron chi connectivity index (χ4n) is 3.33. The third-order valence-corrected chi connectivity index (χ3v) is 5.34. The van der Waals surface area contributed by atoms with Crippen LogP contribution in [-0.4, -0.2) is 49.5 Å². The van der Waals surface area contributed by atoms with Crippen LogP contribution in [0.3, 0.4) is 0 Å². The van der Waals surface area contributed by atoms with Crippen molar-refractivity contribution in [2.75, 3.05) is 27.4 Å². The highest BCUT2D eigenvalue weighted by atomic mass is 16.5. The maximum atomic E-state index is 12.0. The molecule has 0 bridgehead atoms. The largest absolute Gasteiger partial charge is 0.497 e. The summed E-state index contributed by atoms with van der Waals surface area (Å²) in [7, 11) is 3.30. The van der Waals surface area contributed by atoms with Crippen molar-refractivity contribution >= 4 is 5.97 Å². The van der Waals surface area contributed by atoms with Crippen molar-refractivity contribution in [2.45, 2.75) is 52.7 Å². The van der Waals surface area contributed by atoms with Crippen molar-refractivity contribution in [1.29, 1.82) is 0 Å². The van der Waals surface area contributed by atoms with Crippen LogP contribution in [0.2, 0.25) is 0 Å². The van der Waals surface area contributed by atoms with Crippen molar-refractivity contribution in [2.24, 2.45) is 5.41 Å². The molecule has 0 saturated heterocycles. The second kappa shape index (κ2) is 12.5. The summed E-state index contributed by atoms with van der Waals surface area (Å²) in [4.78, 5) is 14.3. The normalized spacial score (nSPS) is 12.5. The average molecular weight is 444 g/mol. The number of aliphatic hydroxyl groups is 1. The minimum absolute atomic E-state index is 0.0273. The number of hydrogen-bond acceptors (Lipinski definition) is 6. The molecule has 2 aromatic rings. The van der Waals surface area contributed by atoms with Gasteiger partial charge in [0.1, 0.15) is 11.5 Å². The van der Waals surface area contributed by atoms with Gasteiger partial charge in [-0.15, -0.1) is 0 Å². The number of carbonyl (C=O) groups is 1. The van der Waals surface area contributed by atoms with E-state index in [1.54, 1.807) is 14.2 Å². The zero-order valence-electron chi connectivity index (χ0n) is 20.0. The van der Waals surface area contributed by atoms with Gasteiger partial charge in [-0.25, -0.2) is 0 Å². The lowest BCUT2D eigenvalue weighted by molar-refractivity contribution is -0.153. The number of carbonyl (C=O) groups excluding carboxylic acids is 1. The number of rotatable bonds is 12. The lowest BCUT2D eigenvalue weighted by Crippen LogP contribution is -2.37. The van der Waals surface area contributed by atoms with Crippen molar-refractivity contribution in [3.8, 4) is 11.5 Å². The smallest absolute Gasteiger partial charge is 0.311 e. The highest BCUT2D eigenvalue weighted by Gasteiger charge is 2.23. The van der Waals surface area contributed by atoms with Gasteiger partial charge in [0.15, 0.2) is 0 Å². The molecule has 6 heteroatoms. The van der Waals surface area contributed by atoms with Gasteiger partial charge in [0.05, 0.1) is 32.8 Å². The van der Waals surface area contributed by atoms with Gasteiger partial charge >= 0.3 is 5.97 Å². The maximum Gasteiger partial charge on any atom is 0.311 e. The Morgan fingerprint density at radius 3 is 1.75 bits per heavy atom. The number of esters is 1. The second-order valence-corrected chi connectivity index (χ2v) is 8.97. The molecule has 6 nitrogen and oxygen atoms in total. The molecule has 176 valence electrons. The predicted octanol–water partition coefficient (Wildman–Crippen LogP) is 4.44. The molecule has 1 N–H and O–H groups in total. The minimum Gasteiger partial charge on any atom is -0.497 e. The van der Waals surface area contributed by atoms with E-state index in [2.05, 4.69) is 4.90 Å². The highest BCUT2D eigenvalue weighted by Crippen LogP contribution is 2.21. The summed E-state index contributed by atoms with van der Waals surface area (Å²) in [6.07, 6.45) is 1.41. The van der Waals surface area contributed by atoms with E-state index >= 15 is 0 Å². The topological polar surface area (TPSA) is 68.2 Å². The fourth-order valence-corrected chi connectivity index (χ4v) is 3.33. The van der Waals surface area contributed by atoms with E-state index in [9.17, 15) is 9.90 Å². The van der Waals surface area contributed by atoms with Crippen molar-refractivity contribution in [3.05, 3.63) is 59.7 Å². The minimum atomic E-state index is -0.509. The Morgan fingerprint density at radius 2 is 1.38 bits per heavy atom. The van der Waals surface area contributed by atoms with Gasteiger partial charge in [-0.1, -0.05) is 24.3 Å². The van der Waals surface area contributed by atoms with Crippen LogP contribution in [-0.2, 0) is 22.6 Å². The summed E-state index contributed by atoms with van der Waals surface area (Å²) in [6.45, 7) is 7.28. The van der Waals surface area contributed by atoms with Gasteiger partial charge in [-0.3, -0.25) is 9.69 Å². The van der Waals surface area contributed by atoms with E-state index in [0.29, 0.717) is 26.1 Å². The Hall–Kier alpha value is -2.57. The van der Waals surface area contributed by atoms with Crippen LogP contribution < -0.4 is 9.47 Å². The van der Waals surface area contributed by atoms with Crippen LogP contribution in [0.5, 0.6) is 11.5 Å². The van der Waals surface area contributed by atoms with Gasteiger partial charge < -0.3 is 19.3 Å². The lowest BCUT2D eigenvalue weighted by atomic mass is 9.97. The monoisotopic (exact) mass is 443 g/mol. The number of hydrogen-bond donors (Lipinski definition) is 1. The molecular weight excluding hydrogens is 406 g/mol. The molecule has 2 aromatic carbocycles. The first-order valence-corrected chi connectivity index (χ1v) is 11.0. The third kappa shape index (κ3) is 8.17. The molecule has 2 rings (SSSR count). The zero-order chi connectivity index (χ0) is 23.6. The van der Waals surface area contributed by atoms with Crippen molar-refractivity contribution in [1.82, 2.24) is 4.90 Å². The molecular formula is C26H37NO5. The molecule has 0 unspecified atom stereocenters. The molecule has 1 atom stereocenters.